The molecule has 0 unspecified atom stereocenters. The Morgan fingerprint density at radius 1 is 0.333 bits per heavy atom. The molecule has 1 aliphatic rings. The van der Waals surface area contributed by atoms with Gasteiger partial charge in [0, 0.05) is 0 Å². The van der Waals surface area contributed by atoms with Crippen LogP contribution in [-0.2, 0) is 9.47 Å². The molecule has 1 fully saturated rings. The van der Waals surface area contributed by atoms with E-state index in [2.05, 4.69) is 9.47 Å². The molecule has 0 radical (unpaired) electrons. The smallest absolute Gasteiger partial charge is 0.376 e. The van der Waals surface area contributed by atoms with Crippen LogP contribution in [0.4, 0.5) is 110 Å². The highest BCUT2D eigenvalue weighted by molar-refractivity contribution is 5.19. The Morgan fingerprint density at radius 2 is 0.548 bits per heavy atom. The quantitative estimate of drug-likeness (QED) is 0.194. The largest absolute Gasteiger partial charge is 0.460 e. The maximum absolute atomic E-state index is 13.7. The van der Waals surface area contributed by atoms with Gasteiger partial charge in [0.25, 0.3) is 0 Å². The molecule has 0 atom stereocenters. The average Bonchev–Trinajstić information content (AvgIpc) is 2.74. The maximum Gasteiger partial charge on any atom is 0.460 e. The zero-order chi connectivity index (χ0) is 34.4. The molecular weight excluding hydrogens is 687 g/mol. The molecule has 1 heterocycles. The van der Waals surface area contributed by atoms with Crippen LogP contribution in [0.2, 0.25) is 0 Å². The lowest BCUT2D eigenvalue weighted by Gasteiger charge is -2.45. The summed E-state index contributed by atoms with van der Waals surface area (Å²) in [5.74, 6) is -91.7. The van der Waals surface area contributed by atoms with Gasteiger partial charge in [-0.1, -0.05) is 0 Å². The number of hydrogen-bond donors (Lipinski definition) is 0. The molecule has 0 aliphatic carbocycles. The summed E-state index contributed by atoms with van der Waals surface area (Å²) in [4.78, 5) is 0. The molecule has 0 N–H and O–H groups in total. The van der Waals surface area contributed by atoms with Gasteiger partial charge < -0.3 is 9.47 Å². The predicted octanol–water partition coefficient (Wildman–Crippen LogP) is 7.91. The van der Waals surface area contributed by atoms with E-state index < -0.39 is 90.8 Å². The standard InChI is InChI=1S/C15H5F25O2/c16-4(17,6(20,21)8(24,25)10(28,29)12(32,33)14(36,37)38)5(18,19)7(22,23)9(26,27)11(30,31)13(34,35)15(39,40)42-3-1-41-2-3/h3H,1-2H2. The van der Waals surface area contributed by atoms with Gasteiger partial charge in [-0.2, -0.15) is 110 Å². The van der Waals surface area contributed by atoms with E-state index >= 15 is 0 Å². The Balaban J connectivity index is 3.79. The Morgan fingerprint density at radius 3 is 0.738 bits per heavy atom. The van der Waals surface area contributed by atoms with E-state index in [4.69, 9.17) is 0 Å². The Kier molecular flexibility index (Phi) is 8.71. The minimum Gasteiger partial charge on any atom is -0.376 e. The van der Waals surface area contributed by atoms with Crippen molar-refractivity contribution in [1.82, 2.24) is 0 Å². The highest BCUT2D eigenvalue weighted by atomic mass is 19.4. The second kappa shape index (κ2) is 9.58. The van der Waals surface area contributed by atoms with Crippen LogP contribution < -0.4 is 0 Å². The summed E-state index contributed by atoms with van der Waals surface area (Å²) in [6.45, 7) is -2.48. The van der Waals surface area contributed by atoms with Gasteiger partial charge in [0.15, 0.2) is 0 Å². The predicted molar refractivity (Wildman–Crippen MR) is 76.2 cm³/mol. The first-order valence-electron chi connectivity index (χ1n) is 9.31. The molecule has 0 aromatic carbocycles. The molecule has 0 spiro atoms. The molecule has 1 rings (SSSR count). The zero-order valence-electron chi connectivity index (χ0n) is 18.3. The van der Waals surface area contributed by atoms with Crippen LogP contribution >= 0.6 is 0 Å². The molecule has 0 saturated carbocycles. The molecule has 27 heteroatoms. The van der Waals surface area contributed by atoms with Crippen molar-refractivity contribution in [2.45, 2.75) is 77.6 Å². The van der Waals surface area contributed by atoms with E-state index in [1.165, 1.54) is 0 Å². The van der Waals surface area contributed by atoms with Crippen molar-refractivity contribution in [3.05, 3.63) is 0 Å². The van der Waals surface area contributed by atoms with Gasteiger partial charge in [-0.15, -0.1) is 0 Å². The van der Waals surface area contributed by atoms with E-state index in [0.29, 0.717) is 0 Å². The van der Waals surface area contributed by atoms with Crippen molar-refractivity contribution in [1.29, 1.82) is 0 Å². The lowest BCUT2D eigenvalue weighted by molar-refractivity contribution is -0.492. The van der Waals surface area contributed by atoms with Crippen LogP contribution in [0.1, 0.15) is 0 Å². The maximum atomic E-state index is 13.7. The molecule has 0 aromatic rings. The third-order valence-corrected chi connectivity index (χ3v) is 5.19. The molecule has 252 valence electrons. The molecule has 1 aliphatic heterocycles. The zero-order valence-corrected chi connectivity index (χ0v) is 18.3. The van der Waals surface area contributed by atoms with Gasteiger partial charge in [-0.05, 0) is 0 Å². The van der Waals surface area contributed by atoms with E-state index in [9.17, 15) is 110 Å². The summed E-state index contributed by atoms with van der Waals surface area (Å²) in [5, 5.41) is 0. The normalized spacial score (nSPS) is 18.8. The number of ether oxygens (including phenoxy) is 2. The lowest BCUT2D eigenvalue weighted by atomic mass is 9.85. The van der Waals surface area contributed by atoms with E-state index in [1.807, 2.05) is 0 Å². The minimum atomic E-state index is -9.60. The van der Waals surface area contributed by atoms with Gasteiger partial charge in [0.05, 0.1) is 13.2 Å². The summed E-state index contributed by atoms with van der Waals surface area (Å²) in [7, 11) is 0. The van der Waals surface area contributed by atoms with Crippen LogP contribution in [0.5, 0.6) is 0 Å². The Bertz CT molecular complexity index is 988. The SMILES string of the molecule is FC(F)(F)C(F)(F)C(F)(F)C(F)(F)C(F)(F)C(F)(F)C(F)(F)C(F)(F)C(F)(F)C(F)(F)C(F)(F)C(F)(F)OC1COC1. The van der Waals surface area contributed by atoms with Crippen LogP contribution in [0.15, 0.2) is 0 Å². The van der Waals surface area contributed by atoms with Crippen molar-refractivity contribution in [2.24, 2.45) is 0 Å². The van der Waals surface area contributed by atoms with Crippen molar-refractivity contribution < 1.29 is 119 Å². The first kappa shape index (κ1) is 38.2. The highest BCUT2D eigenvalue weighted by Crippen LogP contribution is 2.67. The van der Waals surface area contributed by atoms with Crippen LogP contribution in [0, 0.1) is 0 Å². The average molecular weight is 692 g/mol. The number of halogens is 25. The minimum absolute atomic E-state index is 1.24. The van der Waals surface area contributed by atoms with Crippen molar-refractivity contribution in [3.8, 4) is 0 Å². The van der Waals surface area contributed by atoms with E-state index in [0.717, 1.165) is 0 Å². The Labute approximate surface area is 211 Å². The van der Waals surface area contributed by atoms with Gasteiger partial charge in [0.2, 0.25) is 0 Å². The number of alkyl halides is 25. The summed E-state index contributed by atoms with van der Waals surface area (Å²) in [6.07, 6.45) is -17.8. The van der Waals surface area contributed by atoms with Crippen LogP contribution in [0.25, 0.3) is 0 Å². The van der Waals surface area contributed by atoms with Gasteiger partial charge >= 0.3 is 71.5 Å². The lowest BCUT2D eigenvalue weighted by Crippen LogP contribution is -2.78. The highest BCUT2D eigenvalue weighted by Gasteiger charge is 2.99. The first-order valence-corrected chi connectivity index (χ1v) is 9.31. The third kappa shape index (κ3) is 4.51. The van der Waals surface area contributed by atoms with Crippen molar-refractivity contribution >= 4 is 0 Å². The van der Waals surface area contributed by atoms with E-state index in [1.54, 1.807) is 0 Å². The molecule has 0 bridgehead atoms. The second-order valence-corrected chi connectivity index (χ2v) is 8.04. The van der Waals surface area contributed by atoms with Crippen molar-refractivity contribution in [3.63, 3.8) is 0 Å². The van der Waals surface area contributed by atoms with Gasteiger partial charge in [-0.25, -0.2) is 0 Å². The fraction of sp³-hybridized carbons (Fsp3) is 1.00. The molecular formula is C15H5F25O2. The molecule has 1 saturated heterocycles. The molecule has 2 nitrogen and oxygen atoms in total. The summed E-state index contributed by atoms with van der Waals surface area (Å²) < 4.78 is 338. The molecule has 0 aromatic heterocycles. The number of rotatable bonds is 12. The third-order valence-electron chi connectivity index (χ3n) is 5.19. The topological polar surface area (TPSA) is 18.5 Å². The van der Waals surface area contributed by atoms with Gasteiger partial charge in [0.1, 0.15) is 6.10 Å². The monoisotopic (exact) mass is 692 g/mol. The summed E-state index contributed by atoms with van der Waals surface area (Å²) in [6, 6.07) is 0. The second-order valence-electron chi connectivity index (χ2n) is 8.04. The fourth-order valence-electron chi connectivity index (χ4n) is 2.50. The van der Waals surface area contributed by atoms with Crippen LogP contribution in [0.3, 0.4) is 0 Å². The Hall–Kier alpha value is -1.83. The summed E-state index contributed by atoms with van der Waals surface area (Å²) in [5.41, 5.74) is 0. The van der Waals surface area contributed by atoms with Crippen LogP contribution in [-0.4, -0.2) is 90.8 Å². The summed E-state index contributed by atoms with van der Waals surface area (Å²) >= 11 is 0. The van der Waals surface area contributed by atoms with Gasteiger partial charge in [-0.3, -0.25) is 0 Å². The fourth-order valence-corrected chi connectivity index (χ4v) is 2.50. The van der Waals surface area contributed by atoms with Crippen molar-refractivity contribution in [2.75, 3.05) is 13.2 Å². The number of hydrogen-bond acceptors (Lipinski definition) is 2. The molecule has 0 amide bonds. The van der Waals surface area contributed by atoms with E-state index in [-0.39, 0.29) is 0 Å². The molecule has 42 heavy (non-hydrogen) atoms. The first-order chi connectivity index (χ1) is 17.8.